The molecular formula is C14H19FN2O2S. The molecule has 3 aliphatic rings. The summed E-state index contributed by atoms with van der Waals surface area (Å²) in [6.45, 7) is 3.15. The molecule has 3 heterocycles. The molecule has 0 amide bonds. The van der Waals surface area contributed by atoms with Gasteiger partial charge in [-0.2, -0.15) is 0 Å². The summed E-state index contributed by atoms with van der Waals surface area (Å²) in [5.74, 6) is 0.162. The van der Waals surface area contributed by atoms with Crippen LogP contribution in [-0.4, -0.2) is 45.2 Å². The molecule has 1 aromatic rings. The highest BCUT2D eigenvalue weighted by molar-refractivity contribution is 7.90. The predicted octanol–water partition coefficient (Wildman–Crippen LogP) is 1.74. The van der Waals surface area contributed by atoms with Gasteiger partial charge in [-0.15, -0.1) is 0 Å². The molecule has 0 spiro atoms. The molecule has 0 aromatic heterocycles. The lowest BCUT2D eigenvalue weighted by Crippen LogP contribution is -2.53. The van der Waals surface area contributed by atoms with E-state index in [4.69, 9.17) is 0 Å². The lowest BCUT2D eigenvalue weighted by atomic mass is 9.84. The van der Waals surface area contributed by atoms with Crippen molar-refractivity contribution in [1.29, 1.82) is 0 Å². The van der Waals surface area contributed by atoms with Crippen LogP contribution in [0.15, 0.2) is 23.1 Å². The molecule has 1 unspecified atom stereocenters. The number of fused-ring (bicyclic) bond motifs is 3. The number of halogens is 1. The quantitative estimate of drug-likeness (QED) is 0.864. The zero-order valence-corrected chi connectivity index (χ0v) is 12.3. The van der Waals surface area contributed by atoms with Crippen LogP contribution < -0.4 is 5.32 Å². The van der Waals surface area contributed by atoms with Gasteiger partial charge in [0.15, 0.2) is 9.84 Å². The van der Waals surface area contributed by atoms with Crippen LogP contribution in [0.3, 0.4) is 0 Å². The molecule has 4 nitrogen and oxygen atoms in total. The number of hydrogen-bond donors (Lipinski definition) is 1. The van der Waals surface area contributed by atoms with Crippen LogP contribution in [0.25, 0.3) is 0 Å². The van der Waals surface area contributed by atoms with E-state index in [0.29, 0.717) is 11.6 Å². The van der Waals surface area contributed by atoms with Gasteiger partial charge in [0.1, 0.15) is 5.82 Å². The topological polar surface area (TPSA) is 49.4 Å². The Labute approximate surface area is 118 Å². The highest BCUT2D eigenvalue weighted by Crippen LogP contribution is 2.31. The zero-order chi connectivity index (χ0) is 14.3. The maximum absolute atomic E-state index is 13.9. The Hall–Kier alpha value is -1.14. The maximum atomic E-state index is 13.9. The van der Waals surface area contributed by atoms with Crippen LogP contribution in [0.1, 0.15) is 12.8 Å². The Morgan fingerprint density at radius 2 is 2.00 bits per heavy atom. The fourth-order valence-corrected chi connectivity index (χ4v) is 3.82. The molecule has 2 bridgehead atoms. The summed E-state index contributed by atoms with van der Waals surface area (Å²) in [7, 11) is -3.31. The van der Waals surface area contributed by atoms with Gasteiger partial charge in [-0.05, 0) is 50.0 Å². The van der Waals surface area contributed by atoms with E-state index in [2.05, 4.69) is 10.2 Å². The number of sulfone groups is 1. The van der Waals surface area contributed by atoms with E-state index in [-0.39, 0.29) is 10.9 Å². The molecule has 1 aromatic carbocycles. The van der Waals surface area contributed by atoms with Gasteiger partial charge in [-0.3, -0.25) is 0 Å². The number of hydrogen-bond acceptors (Lipinski definition) is 4. The summed E-state index contributed by atoms with van der Waals surface area (Å²) >= 11 is 0. The van der Waals surface area contributed by atoms with Crippen molar-refractivity contribution in [3.8, 4) is 0 Å². The lowest BCUT2D eigenvalue weighted by Gasteiger charge is -2.45. The smallest absolute Gasteiger partial charge is 0.175 e. The second-order valence-electron chi connectivity index (χ2n) is 5.80. The number of rotatable bonds is 3. The normalized spacial score (nSPS) is 29.4. The monoisotopic (exact) mass is 298 g/mol. The van der Waals surface area contributed by atoms with Gasteiger partial charge in [0.2, 0.25) is 0 Å². The van der Waals surface area contributed by atoms with E-state index in [1.807, 2.05) is 0 Å². The van der Waals surface area contributed by atoms with Crippen LogP contribution in [0, 0.1) is 11.7 Å². The van der Waals surface area contributed by atoms with Crippen molar-refractivity contribution < 1.29 is 12.8 Å². The van der Waals surface area contributed by atoms with Gasteiger partial charge in [-0.25, -0.2) is 12.8 Å². The molecule has 0 aliphatic carbocycles. The fourth-order valence-electron chi connectivity index (χ4n) is 3.17. The second kappa shape index (κ2) is 5.00. The van der Waals surface area contributed by atoms with Crippen molar-refractivity contribution in [1.82, 2.24) is 4.90 Å². The standard InChI is InChI=1S/C14H19FN2O2S/c1-20(18,19)11-2-3-12(15)13(8-11)16-14-9-17-6-4-10(14)5-7-17/h2-3,8,10,14,16H,4-7,9H2,1H3. The van der Waals surface area contributed by atoms with Gasteiger partial charge in [0.05, 0.1) is 10.6 Å². The second-order valence-corrected chi connectivity index (χ2v) is 7.82. The minimum Gasteiger partial charge on any atom is -0.378 e. The third kappa shape index (κ3) is 2.67. The van der Waals surface area contributed by atoms with E-state index in [1.165, 1.54) is 18.2 Å². The summed E-state index contributed by atoms with van der Waals surface area (Å²) in [5.41, 5.74) is 0.298. The van der Waals surface area contributed by atoms with Gasteiger partial charge >= 0.3 is 0 Å². The number of nitrogens with zero attached hydrogens (tertiary/aromatic N) is 1. The molecule has 3 aliphatic heterocycles. The molecule has 0 radical (unpaired) electrons. The molecule has 110 valence electrons. The van der Waals surface area contributed by atoms with Gasteiger partial charge < -0.3 is 10.2 Å². The first-order valence-electron chi connectivity index (χ1n) is 6.92. The highest BCUT2D eigenvalue weighted by atomic mass is 32.2. The Morgan fingerprint density at radius 1 is 1.30 bits per heavy atom. The van der Waals surface area contributed by atoms with Crippen LogP contribution in [0.5, 0.6) is 0 Å². The van der Waals surface area contributed by atoms with E-state index in [1.54, 1.807) is 0 Å². The number of benzene rings is 1. The fraction of sp³-hybridized carbons (Fsp3) is 0.571. The molecule has 6 heteroatoms. The van der Waals surface area contributed by atoms with Crippen molar-refractivity contribution in [3.05, 3.63) is 24.0 Å². The average molecular weight is 298 g/mol. The molecular weight excluding hydrogens is 279 g/mol. The third-order valence-corrected chi connectivity index (χ3v) is 5.47. The molecule has 3 saturated heterocycles. The van der Waals surface area contributed by atoms with Crippen molar-refractivity contribution in [2.45, 2.75) is 23.8 Å². The SMILES string of the molecule is CS(=O)(=O)c1ccc(F)c(NC2CN3CCC2CC3)c1. The van der Waals surface area contributed by atoms with Gasteiger partial charge in [0, 0.05) is 18.8 Å². The molecule has 4 rings (SSSR count). The molecule has 1 atom stereocenters. The first kappa shape index (κ1) is 13.8. The van der Waals surface area contributed by atoms with Crippen LogP contribution in [0.2, 0.25) is 0 Å². The minimum atomic E-state index is -3.31. The molecule has 0 saturated carbocycles. The zero-order valence-electron chi connectivity index (χ0n) is 11.5. The Bertz CT molecular complexity index is 610. The Kier molecular flexibility index (Phi) is 3.46. The van der Waals surface area contributed by atoms with E-state index in [9.17, 15) is 12.8 Å². The molecule has 20 heavy (non-hydrogen) atoms. The first-order chi connectivity index (χ1) is 9.43. The molecule has 3 fully saturated rings. The van der Waals surface area contributed by atoms with Crippen LogP contribution in [0.4, 0.5) is 10.1 Å². The van der Waals surface area contributed by atoms with Crippen molar-refractivity contribution in [2.75, 3.05) is 31.2 Å². The van der Waals surface area contributed by atoms with E-state index < -0.39 is 15.7 Å². The third-order valence-electron chi connectivity index (χ3n) is 4.36. The summed E-state index contributed by atoms with van der Waals surface area (Å²) in [5, 5.41) is 3.21. The Balaban J connectivity index is 1.83. The van der Waals surface area contributed by atoms with Crippen molar-refractivity contribution in [3.63, 3.8) is 0 Å². The minimum absolute atomic E-state index is 0.155. The predicted molar refractivity (Wildman–Crippen MR) is 76.1 cm³/mol. The Morgan fingerprint density at radius 3 is 2.55 bits per heavy atom. The maximum Gasteiger partial charge on any atom is 0.175 e. The van der Waals surface area contributed by atoms with Gasteiger partial charge in [0.25, 0.3) is 0 Å². The summed E-state index contributed by atoms with van der Waals surface area (Å²) in [6, 6.07) is 4.15. The number of nitrogens with one attached hydrogen (secondary N) is 1. The van der Waals surface area contributed by atoms with E-state index in [0.717, 1.165) is 38.7 Å². The van der Waals surface area contributed by atoms with E-state index >= 15 is 0 Å². The van der Waals surface area contributed by atoms with Crippen molar-refractivity contribution in [2.24, 2.45) is 5.92 Å². The first-order valence-corrected chi connectivity index (χ1v) is 8.81. The summed E-state index contributed by atoms with van der Waals surface area (Å²) in [4.78, 5) is 2.53. The number of anilines is 1. The largest absolute Gasteiger partial charge is 0.378 e. The lowest BCUT2D eigenvalue weighted by molar-refractivity contribution is 0.0974. The summed E-state index contributed by atoms with van der Waals surface area (Å²) in [6.07, 6.45) is 3.40. The van der Waals surface area contributed by atoms with Crippen molar-refractivity contribution >= 4 is 15.5 Å². The van der Waals surface area contributed by atoms with Crippen LogP contribution in [-0.2, 0) is 9.84 Å². The summed E-state index contributed by atoms with van der Waals surface area (Å²) < 4.78 is 37.0. The number of piperidine rings is 3. The molecule has 1 N–H and O–H groups in total. The van der Waals surface area contributed by atoms with Gasteiger partial charge in [-0.1, -0.05) is 0 Å². The van der Waals surface area contributed by atoms with Crippen LogP contribution >= 0.6 is 0 Å². The highest BCUT2D eigenvalue weighted by Gasteiger charge is 2.34. The average Bonchev–Trinajstić information content (AvgIpc) is 2.41.